The van der Waals surface area contributed by atoms with Crippen LogP contribution in [0.15, 0.2) is 72.8 Å². The van der Waals surface area contributed by atoms with Crippen LogP contribution < -0.4 is 15.4 Å². The van der Waals surface area contributed by atoms with Gasteiger partial charge in [-0.2, -0.15) is 5.10 Å². The second-order valence-electron chi connectivity index (χ2n) is 10.2. The molecule has 9 nitrogen and oxygen atoms in total. The number of amides is 2. The Bertz CT molecular complexity index is 1430. The Morgan fingerprint density at radius 2 is 1.73 bits per heavy atom. The maximum atomic E-state index is 13.3. The van der Waals surface area contributed by atoms with Gasteiger partial charge in [-0.25, -0.2) is 9.48 Å². The number of morpholine rings is 1. The Labute approximate surface area is 234 Å². The first-order chi connectivity index (χ1) is 19.7. The van der Waals surface area contributed by atoms with Crippen LogP contribution in [0.25, 0.3) is 16.5 Å². The molecule has 2 fully saturated rings. The van der Waals surface area contributed by atoms with Crippen molar-refractivity contribution in [2.75, 3.05) is 63.3 Å². The monoisotopic (exact) mass is 541 g/mol. The van der Waals surface area contributed by atoms with Crippen molar-refractivity contribution in [3.05, 3.63) is 78.5 Å². The van der Waals surface area contributed by atoms with Gasteiger partial charge in [0.15, 0.2) is 0 Å². The fourth-order valence-corrected chi connectivity index (χ4v) is 5.31. The summed E-state index contributed by atoms with van der Waals surface area (Å²) in [6, 6.07) is 23.2. The number of carbonyl (C=O) groups is 1. The van der Waals surface area contributed by atoms with Crippen LogP contribution in [0.3, 0.4) is 0 Å². The van der Waals surface area contributed by atoms with Crippen molar-refractivity contribution in [2.24, 2.45) is 0 Å². The maximum Gasteiger partial charge on any atom is 0.324 e. The number of hydrogen-bond acceptors (Lipinski definition) is 6. The summed E-state index contributed by atoms with van der Waals surface area (Å²) in [5.74, 6) is 1.62. The molecule has 3 aromatic carbocycles. The highest BCUT2D eigenvalue weighted by Crippen LogP contribution is 2.32. The predicted octanol–water partition coefficient (Wildman–Crippen LogP) is 5.27. The van der Waals surface area contributed by atoms with E-state index in [9.17, 15) is 4.79 Å². The van der Waals surface area contributed by atoms with E-state index < -0.39 is 0 Å². The van der Waals surface area contributed by atoms with Gasteiger partial charge in [-0.1, -0.05) is 42.5 Å². The lowest BCUT2D eigenvalue weighted by molar-refractivity contribution is 0.0323. The van der Waals surface area contributed by atoms with E-state index in [4.69, 9.17) is 19.3 Å². The third-order valence-electron chi connectivity index (χ3n) is 7.45. The molecule has 0 aliphatic carbocycles. The van der Waals surface area contributed by atoms with Gasteiger partial charge in [0, 0.05) is 49.0 Å². The summed E-state index contributed by atoms with van der Waals surface area (Å²) in [6.45, 7) is 6.28. The van der Waals surface area contributed by atoms with Gasteiger partial charge in [0.05, 0.1) is 36.9 Å². The fourth-order valence-electron chi connectivity index (χ4n) is 5.31. The first-order valence-corrected chi connectivity index (χ1v) is 14.0. The number of ether oxygens (including phenoxy) is 3. The van der Waals surface area contributed by atoms with E-state index in [1.165, 1.54) is 0 Å². The molecule has 6 rings (SSSR count). The highest BCUT2D eigenvalue weighted by Gasteiger charge is 2.22. The van der Waals surface area contributed by atoms with E-state index in [0.29, 0.717) is 24.7 Å². The summed E-state index contributed by atoms with van der Waals surface area (Å²) < 4.78 is 19.1. The lowest BCUT2D eigenvalue weighted by Gasteiger charge is -2.26. The molecule has 3 heterocycles. The van der Waals surface area contributed by atoms with Gasteiger partial charge in [-0.05, 0) is 37.1 Å². The summed E-state index contributed by atoms with van der Waals surface area (Å²) in [5.41, 5.74) is 2.51. The number of rotatable bonds is 8. The molecular formula is C31H35N5O4. The van der Waals surface area contributed by atoms with Crippen LogP contribution in [0.1, 0.15) is 24.5 Å². The zero-order valence-electron chi connectivity index (χ0n) is 22.6. The Morgan fingerprint density at radius 1 is 0.925 bits per heavy atom. The second kappa shape index (κ2) is 12.5. The molecule has 1 unspecified atom stereocenters. The molecule has 0 spiro atoms. The number of benzene rings is 3. The summed E-state index contributed by atoms with van der Waals surface area (Å²) in [7, 11) is 0. The lowest BCUT2D eigenvalue weighted by Crippen LogP contribution is -2.38. The molecule has 1 aromatic heterocycles. The van der Waals surface area contributed by atoms with E-state index in [0.717, 1.165) is 80.2 Å². The molecule has 40 heavy (non-hydrogen) atoms. The highest BCUT2D eigenvalue weighted by molar-refractivity contribution is 6.07. The normalized spacial score (nSPS) is 17.9. The standard InChI is InChI=1S/C31H35N5O4/c37-31(33-30-21-28(23-7-6-17-39-22-23)34-36(30)24-8-2-1-3-9-24)32-27-12-13-29(26-11-5-4-10-25(26)27)40-20-16-35-14-18-38-19-15-35/h1-5,8-13,21,23H,6-7,14-20,22H2,(H2,32,33,37). The molecule has 2 saturated heterocycles. The summed E-state index contributed by atoms with van der Waals surface area (Å²) in [4.78, 5) is 15.6. The zero-order valence-corrected chi connectivity index (χ0v) is 22.6. The van der Waals surface area contributed by atoms with Crippen molar-refractivity contribution in [3.8, 4) is 11.4 Å². The smallest absolute Gasteiger partial charge is 0.324 e. The number of hydrogen-bond donors (Lipinski definition) is 2. The number of anilines is 2. The molecule has 0 radical (unpaired) electrons. The number of aromatic nitrogens is 2. The van der Waals surface area contributed by atoms with Gasteiger partial charge < -0.3 is 19.5 Å². The van der Waals surface area contributed by atoms with Gasteiger partial charge in [0.25, 0.3) is 0 Å². The number of urea groups is 1. The molecule has 0 bridgehead atoms. The minimum Gasteiger partial charge on any atom is -0.492 e. The maximum absolute atomic E-state index is 13.3. The third kappa shape index (κ3) is 6.12. The first kappa shape index (κ1) is 26.3. The van der Waals surface area contributed by atoms with E-state index in [2.05, 4.69) is 15.5 Å². The van der Waals surface area contributed by atoms with Gasteiger partial charge in [0.1, 0.15) is 18.2 Å². The second-order valence-corrected chi connectivity index (χ2v) is 10.2. The summed E-state index contributed by atoms with van der Waals surface area (Å²) in [6.07, 6.45) is 2.02. The lowest BCUT2D eigenvalue weighted by atomic mass is 9.99. The van der Waals surface area contributed by atoms with Crippen molar-refractivity contribution >= 4 is 28.3 Å². The Balaban J connectivity index is 1.18. The van der Waals surface area contributed by atoms with Crippen molar-refractivity contribution in [1.82, 2.24) is 14.7 Å². The first-order valence-electron chi connectivity index (χ1n) is 14.0. The summed E-state index contributed by atoms with van der Waals surface area (Å²) in [5, 5.41) is 12.8. The van der Waals surface area contributed by atoms with Crippen LogP contribution in [0.4, 0.5) is 16.3 Å². The molecule has 2 N–H and O–H groups in total. The topological polar surface area (TPSA) is 89.9 Å². The molecular weight excluding hydrogens is 506 g/mol. The molecule has 208 valence electrons. The van der Waals surface area contributed by atoms with Crippen LogP contribution in [0.5, 0.6) is 5.75 Å². The minimum absolute atomic E-state index is 0.210. The zero-order chi connectivity index (χ0) is 27.1. The Kier molecular flexibility index (Phi) is 8.23. The predicted molar refractivity (Wildman–Crippen MR) is 156 cm³/mol. The van der Waals surface area contributed by atoms with Gasteiger partial charge >= 0.3 is 6.03 Å². The molecule has 1 atom stereocenters. The van der Waals surface area contributed by atoms with E-state index >= 15 is 0 Å². The molecule has 2 aliphatic rings. The number of nitrogens with one attached hydrogen (secondary N) is 2. The van der Waals surface area contributed by atoms with Crippen molar-refractivity contribution in [2.45, 2.75) is 18.8 Å². The largest absolute Gasteiger partial charge is 0.492 e. The molecule has 4 aromatic rings. The molecule has 9 heteroatoms. The van der Waals surface area contributed by atoms with Crippen molar-refractivity contribution in [1.29, 1.82) is 0 Å². The van der Waals surface area contributed by atoms with Crippen molar-refractivity contribution in [3.63, 3.8) is 0 Å². The number of fused-ring (bicyclic) bond motifs is 1. The van der Waals surface area contributed by atoms with Gasteiger partial charge in [0.2, 0.25) is 0 Å². The average molecular weight is 542 g/mol. The fraction of sp³-hybridized carbons (Fsp3) is 0.355. The summed E-state index contributed by atoms with van der Waals surface area (Å²) >= 11 is 0. The Morgan fingerprint density at radius 3 is 2.52 bits per heavy atom. The molecule has 2 amide bonds. The van der Waals surface area contributed by atoms with Gasteiger partial charge in [-0.15, -0.1) is 0 Å². The SMILES string of the molecule is O=C(Nc1ccc(OCCN2CCOCC2)c2ccccc12)Nc1cc(C2CCCOC2)nn1-c1ccccc1. The van der Waals surface area contributed by atoms with Crippen LogP contribution in [-0.4, -0.2) is 73.4 Å². The highest BCUT2D eigenvalue weighted by atomic mass is 16.5. The average Bonchev–Trinajstić information content (AvgIpc) is 3.43. The van der Waals surface area contributed by atoms with Crippen LogP contribution in [0, 0.1) is 0 Å². The number of nitrogens with zero attached hydrogens (tertiary/aromatic N) is 3. The van der Waals surface area contributed by atoms with E-state index in [-0.39, 0.29) is 11.9 Å². The van der Waals surface area contributed by atoms with Crippen LogP contribution in [-0.2, 0) is 9.47 Å². The van der Waals surface area contributed by atoms with E-state index in [1.807, 2.05) is 72.8 Å². The minimum atomic E-state index is -0.338. The number of para-hydroxylation sites is 1. The van der Waals surface area contributed by atoms with Crippen LogP contribution in [0.2, 0.25) is 0 Å². The van der Waals surface area contributed by atoms with Crippen LogP contribution >= 0.6 is 0 Å². The van der Waals surface area contributed by atoms with Crippen molar-refractivity contribution < 1.29 is 19.0 Å². The molecule has 2 aliphatic heterocycles. The van der Waals surface area contributed by atoms with Gasteiger partial charge in [-0.3, -0.25) is 10.2 Å². The Hall–Kier alpha value is -3.92. The quantitative estimate of drug-likeness (QED) is 0.316. The molecule has 0 saturated carbocycles. The van der Waals surface area contributed by atoms with E-state index in [1.54, 1.807) is 4.68 Å². The third-order valence-corrected chi connectivity index (χ3v) is 7.45. The number of carbonyl (C=O) groups excluding carboxylic acids is 1.